The molecule has 0 radical (unpaired) electrons. The molecule has 80 heavy (non-hydrogen) atoms. The van der Waals surface area contributed by atoms with Gasteiger partial charge in [-0.25, -0.2) is 14.4 Å². The molecule has 0 unspecified atom stereocenters. The minimum absolute atomic E-state index is 0. The largest absolute Gasteiger partial charge is 0.478 e. The molecule has 3 heterocycles. The van der Waals surface area contributed by atoms with Gasteiger partial charge in [-0.15, -0.1) is 34.0 Å². The Morgan fingerprint density at radius 1 is 0.525 bits per heavy atom. The Hall–Kier alpha value is -6.15. The minimum atomic E-state index is -1.08. The van der Waals surface area contributed by atoms with Crippen molar-refractivity contribution < 1.29 is 43.3 Å². The maximum Gasteiger partial charge on any atom is 0.339 e. The SMILES string of the molecule is C.COC(=O)c1ccc(Br)cc1CC(=O)c1sc2ccccc2c1Cl.COC(=O)c1ccc(Br)cc1N.O=C(Cl)c1sc2ccccc2c1Cl.O=C(O)c1ccc(Nc2ccc(Cl)cc2)cc1CC(=O)c1sc2ccccc2c1Cl. The van der Waals surface area contributed by atoms with E-state index in [9.17, 15) is 33.9 Å². The van der Waals surface area contributed by atoms with E-state index < -0.39 is 23.2 Å². The topological polar surface area (TPSA) is 179 Å². The molecule has 0 aliphatic heterocycles. The van der Waals surface area contributed by atoms with Crippen LogP contribution in [0, 0.1) is 0 Å². The van der Waals surface area contributed by atoms with Crippen LogP contribution in [0.2, 0.25) is 20.1 Å². The zero-order valence-electron chi connectivity index (χ0n) is 41.0. The van der Waals surface area contributed by atoms with Crippen LogP contribution in [0.15, 0.2) is 161 Å². The highest BCUT2D eigenvalue weighted by atomic mass is 79.9. The van der Waals surface area contributed by atoms with Crippen molar-refractivity contribution in [1.82, 2.24) is 0 Å². The maximum absolute atomic E-state index is 13.0. The third-order valence-electron chi connectivity index (χ3n) is 11.4. The summed E-state index contributed by atoms with van der Waals surface area (Å²) in [4.78, 5) is 72.6. The Labute approximate surface area is 513 Å². The number of nitrogen functional groups attached to an aromatic ring is 1. The van der Waals surface area contributed by atoms with E-state index >= 15 is 0 Å². The van der Waals surface area contributed by atoms with Crippen LogP contribution in [-0.2, 0) is 22.3 Å². The second kappa shape index (κ2) is 29.0. The summed E-state index contributed by atoms with van der Waals surface area (Å²) in [6.45, 7) is 0. The molecule has 0 saturated carbocycles. The average molecular weight is 1360 g/mol. The highest BCUT2D eigenvalue weighted by Crippen LogP contribution is 2.39. The summed E-state index contributed by atoms with van der Waals surface area (Å²) in [7, 11) is 2.64. The van der Waals surface area contributed by atoms with Crippen LogP contribution >= 0.6 is 124 Å². The number of Topliss-reactive ketones (excluding diaryl/α,β-unsaturated/α-hetero) is 2. The molecule has 21 heteroatoms. The van der Waals surface area contributed by atoms with Gasteiger partial charge in [-0.3, -0.25) is 14.4 Å². The molecular formula is C59H43Br2Cl5N2O9S3. The smallest absolute Gasteiger partial charge is 0.339 e. The van der Waals surface area contributed by atoms with Gasteiger partial charge >= 0.3 is 17.9 Å². The summed E-state index contributed by atoms with van der Waals surface area (Å²) in [6.07, 6.45) is 0.0146. The number of nitrogens with two attached hydrogens (primary N) is 1. The Bertz CT molecular complexity index is 3960. The van der Waals surface area contributed by atoms with E-state index in [2.05, 4.69) is 41.9 Å². The zero-order valence-corrected chi connectivity index (χ0v) is 50.4. The standard InChI is InChI=1S/C23H15Cl2NO3S.C18H12BrClO3S.C9H4Cl2OS.C8H8BrNO2.CH4/c24-14-5-7-15(8-6-14)26-16-9-10-17(23(28)29)13(11-16)12-19(27)22-21(25)18-3-1-2-4-20(18)30-22;1-23-18(22)12-7-6-11(19)8-10(12)9-14(21)17-16(20)13-4-2-3-5-15(13)24-17;10-7-5-3-1-2-4-6(5)13-8(7)9(11)12;1-12-8(11)6-3-2-5(9)4-7(6)10;/h1-11,26H,12H2,(H,28,29);2-8H,9H2,1H3;1-4H;2-4H,10H2,1H3;1H4. The van der Waals surface area contributed by atoms with E-state index in [4.69, 9.17) is 68.5 Å². The second-order valence-electron chi connectivity index (χ2n) is 16.5. The normalized spacial score (nSPS) is 10.5. The molecule has 0 saturated heterocycles. The van der Waals surface area contributed by atoms with Crippen molar-refractivity contribution in [3.05, 3.63) is 223 Å². The fraction of sp³-hybridized carbons (Fsp3) is 0.0847. The molecule has 3 aromatic heterocycles. The summed E-state index contributed by atoms with van der Waals surface area (Å²) >= 11 is 40.6. The molecular weight excluding hydrogens is 1310 g/mol. The van der Waals surface area contributed by atoms with E-state index in [1.165, 1.54) is 54.3 Å². The van der Waals surface area contributed by atoms with Crippen molar-refractivity contribution in [2.24, 2.45) is 0 Å². The second-order valence-corrected chi connectivity index (χ2v) is 23.4. The van der Waals surface area contributed by atoms with Crippen molar-refractivity contribution in [1.29, 1.82) is 0 Å². The van der Waals surface area contributed by atoms with Gasteiger partial charge in [0.15, 0.2) is 11.6 Å². The molecule has 0 aliphatic carbocycles. The van der Waals surface area contributed by atoms with E-state index in [0.717, 1.165) is 44.9 Å². The van der Waals surface area contributed by atoms with Crippen LogP contribution in [0.4, 0.5) is 17.1 Å². The van der Waals surface area contributed by atoms with Gasteiger partial charge in [-0.2, -0.15) is 0 Å². The van der Waals surface area contributed by atoms with Crippen LogP contribution in [0.1, 0.15) is 78.6 Å². The van der Waals surface area contributed by atoms with Gasteiger partial charge in [0.25, 0.3) is 5.24 Å². The number of hydrogen-bond acceptors (Lipinski definition) is 13. The molecule has 0 bridgehead atoms. The number of nitrogens with one attached hydrogen (secondary N) is 1. The summed E-state index contributed by atoms with van der Waals surface area (Å²) < 4.78 is 13.8. The first kappa shape index (κ1) is 63.0. The number of hydrogen-bond donors (Lipinski definition) is 3. The zero-order chi connectivity index (χ0) is 57.1. The molecule has 0 amide bonds. The first-order valence-electron chi connectivity index (χ1n) is 22.9. The first-order chi connectivity index (χ1) is 37.8. The summed E-state index contributed by atoms with van der Waals surface area (Å²) in [5, 5.41) is 16.8. The maximum atomic E-state index is 13.0. The van der Waals surface area contributed by atoms with Crippen molar-refractivity contribution in [3.63, 3.8) is 0 Å². The van der Waals surface area contributed by atoms with Gasteiger partial charge in [0.2, 0.25) is 0 Å². The van der Waals surface area contributed by atoms with Gasteiger partial charge in [0.1, 0.15) is 4.88 Å². The number of thiophene rings is 3. The number of aromatic carboxylic acids is 1. The van der Waals surface area contributed by atoms with E-state index in [1.807, 2.05) is 84.9 Å². The Kier molecular flexibility index (Phi) is 22.9. The number of carbonyl (C=O) groups is 6. The van der Waals surface area contributed by atoms with Crippen LogP contribution in [0.5, 0.6) is 0 Å². The Morgan fingerprint density at radius 2 is 0.925 bits per heavy atom. The highest BCUT2D eigenvalue weighted by Gasteiger charge is 2.23. The summed E-state index contributed by atoms with van der Waals surface area (Å²) in [5.74, 6) is -2.30. The highest BCUT2D eigenvalue weighted by molar-refractivity contribution is 9.10. The number of ether oxygens (including phenoxy) is 2. The summed E-state index contributed by atoms with van der Waals surface area (Å²) in [5.41, 5.74) is 9.33. The van der Waals surface area contributed by atoms with Crippen LogP contribution in [0.25, 0.3) is 30.3 Å². The third kappa shape index (κ3) is 15.6. The predicted molar refractivity (Wildman–Crippen MR) is 337 cm³/mol. The van der Waals surface area contributed by atoms with Crippen LogP contribution in [-0.4, -0.2) is 54.0 Å². The lowest BCUT2D eigenvalue weighted by molar-refractivity contribution is 0.0591. The molecule has 0 spiro atoms. The average Bonchev–Trinajstić information content (AvgIpc) is 4.19. The number of fused-ring (bicyclic) bond motifs is 3. The Balaban J connectivity index is 0.000000183. The lowest BCUT2D eigenvalue weighted by Gasteiger charge is -2.11. The number of carboxylic acid groups (broad SMARTS) is 1. The monoisotopic (exact) mass is 1350 g/mol. The number of carbonyl (C=O) groups excluding carboxylic acids is 5. The predicted octanol–water partition coefficient (Wildman–Crippen LogP) is 19.0. The van der Waals surface area contributed by atoms with Crippen molar-refractivity contribution >= 4 is 206 Å². The number of esters is 2. The van der Waals surface area contributed by atoms with Gasteiger partial charge in [0.05, 0.1) is 55.7 Å². The van der Waals surface area contributed by atoms with E-state index in [0.29, 0.717) is 68.4 Å². The van der Waals surface area contributed by atoms with Gasteiger partial charge in [-0.1, -0.05) is 140 Å². The van der Waals surface area contributed by atoms with Crippen molar-refractivity contribution in [2.45, 2.75) is 20.3 Å². The fourth-order valence-electron chi connectivity index (χ4n) is 7.61. The van der Waals surface area contributed by atoms with Gasteiger partial charge in [0, 0.05) is 74.1 Å². The number of ketones is 2. The van der Waals surface area contributed by atoms with E-state index in [-0.39, 0.29) is 37.4 Å². The molecule has 10 rings (SSSR count). The first-order valence-corrected chi connectivity index (χ1v) is 28.9. The molecule has 11 nitrogen and oxygen atoms in total. The number of halogens is 7. The molecule has 0 atom stereocenters. The number of rotatable bonds is 12. The summed E-state index contributed by atoms with van der Waals surface area (Å²) in [6, 6.07) is 44.8. The number of anilines is 3. The van der Waals surface area contributed by atoms with Crippen molar-refractivity contribution in [3.8, 4) is 0 Å². The number of carboxylic acids is 1. The molecule has 7 aromatic carbocycles. The quantitative estimate of drug-likeness (QED) is 0.0459. The molecule has 410 valence electrons. The lowest BCUT2D eigenvalue weighted by Crippen LogP contribution is -2.10. The van der Waals surface area contributed by atoms with Gasteiger partial charge in [-0.05, 0) is 120 Å². The van der Waals surface area contributed by atoms with Crippen molar-refractivity contribution in [2.75, 3.05) is 25.3 Å². The van der Waals surface area contributed by atoms with Gasteiger partial charge < -0.3 is 25.6 Å². The minimum Gasteiger partial charge on any atom is -0.478 e. The third-order valence-corrected chi connectivity index (χ3v) is 18.0. The lowest BCUT2D eigenvalue weighted by atomic mass is 10.0. The molecule has 10 aromatic rings. The number of methoxy groups -OCH3 is 2. The van der Waals surface area contributed by atoms with Crippen LogP contribution in [0.3, 0.4) is 0 Å². The van der Waals surface area contributed by atoms with E-state index in [1.54, 1.807) is 60.7 Å². The molecule has 0 aliphatic rings. The molecule has 0 fully saturated rings. The fourth-order valence-corrected chi connectivity index (χ4v) is 13.1. The Morgan fingerprint density at radius 3 is 1.38 bits per heavy atom. The molecule has 4 N–H and O–H groups in total. The van der Waals surface area contributed by atoms with Crippen LogP contribution < -0.4 is 11.1 Å². The number of benzene rings is 7.